The zero-order chi connectivity index (χ0) is 26.1. The van der Waals surface area contributed by atoms with Crippen molar-refractivity contribution < 1.29 is 0 Å². The number of benzene rings is 3. The molecular weight excluding hydrogens is 480 g/mol. The van der Waals surface area contributed by atoms with Crippen LogP contribution in [0.25, 0.3) is 0 Å². The summed E-state index contributed by atoms with van der Waals surface area (Å²) in [6, 6.07) is 25.5. The lowest BCUT2D eigenvalue weighted by Crippen LogP contribution is -2.60. The third kappa shape index (κ3) is 2.39. The van der Waals surface area contributed by atoms with Gasteiger partial charge in [-0.1, -0.05) is 54.6 Å². The molecule has 3 fully saturated rings. The van der Waals surface area contributed by atoms with E-state index in [-0.39, 0.29) is 28.6 Å². The van der Waals surface area contributed by atoms with Gasteiger partial charge in [0.05, 0.1) is 23.9 Å². The number of rotatable bonds is 2. The summed E-state index contributed by atoms with van der Waals surface area (Å²) in [5, 5.41) is 12.2. The summed E-state index contributed by atoms with van der Waals surface area (Å²) in [4.78, 5) is 7.70. The van der Waals surface area contributed by atoms with Crippen LogP contribution in [0.15, 0.2) is 66.7 Å². The fourth-order valence-corrected chi connectivity index (χ4v) is 10.3. The summed E-state index contributed by atoms with van der Waals surface area (Å²) in [6.07, 6.45) is 4.32. The van der Waals surface area contributed by atoms with Crippen LogP contribution in [-0.2, 0) is 16.2 Å². The average molecular weight is 519 g/mol. The zero-order valence-electron chi connectivity index (χ0n) is 23.2. The number of likely N-dealkylation sites (N-methyl/N-ethyl adjacent to an activating group) is 3. The van der Waals surface area contributed by atoms with Gasteiger partial charge < -0.3 is 16.0 Å². The van der Waals surface area contributed by atoms with Crippen LogP contribution in [0, 0.1) is 0 Å². The molecule has 6 heteroatoms. The second kappa shape index (κ2) is 7.36. The number of nitrogens with zero attached hydrogens (tertiary/aromatic N) is 3. The molecule has 0 amide bonds. The van der Waals surface area contributed by atoms with Crippen molar-refractivity contribution in [2.45, 2.75) is 54.0 Å². The molecule has 3 aromatic carbocycles. The molecule has 9 rings (SSSR count). The second-order valence-electron chi connectivity index (χ2n) is 13.1. The quantitative estimate of drug-likeness (QED) is 0.467. The first-order valence-electron chi connectivity index (χ1n) is 14.8. The molecule has 6 aliphatic rings. The van der Waals surface area contributed by atoms with Crippen molar-refractivity contribution in [1.82, 2.24) is 14.7 Å². The SMILES string of the molecule is CN1CCC2([C@@]34CCN(C)[C@@H]3Nc3ccccc34)c3cccc([C@]45CCN(C)[C@H]4Nc4ccccc45)c3N[C@H]12. The van der Waals surface area contributed by atoms with E-state index in [0.717, 1.165) is 26.1 Å². The topological polar surface area (TPSA) is 45.8 Å². The van der Waals surface area contributed by atoms with E-state index in [0.29, 0.717) is 6.17 Å². The third-order valence-corrected chi connectivity index (χ3v) is 11.8. The molecule has 6 heterocycles. The molecule has 0 spiro atoms. The van der Waals surface area contributed by atoms with Crippen LogP contribution in [0.3, 0.4) is 0 Å². The van der Waals surface area contributed by atoms with Crippen LogP contribution < -0.4 is 16.0 Å². The molecule has 3 aromatic rings. The summed E-state index contributed by atoms with van der Waals surface area (Å²) in [7, 11) is 6.93. The first-order valence-corrected chi connectivity index (χ1v) is 14.8. The van der Waals surface area contributed by atoms with Gasteiger partial charge in [-0.2, -0.15) is 0 Å². The monoisotopic (exact) mass is 518 g/mol. The molecular formula is C33H38N6. The van der Waals surface area contributed by atoms with Gasteiger partial charge in [-0.3, -0.25) is 14.7 Å². The van der Waals surface area contributed by atoms with Crippen LogP contribution in [0.2, 0.25) is 0 Å². The first-order chi connectivity index (χ1) is 19.0. The highest BCUT2D eigenvalue weighted by Crippen LogP contribution is 2.67. The average Bonchev–Trinajstić information content (AvgIpc) is 3.76. The van der Waals surface area contributed by atoms with Gasteiger partial charge in [-0.05, 0) is 74.8 Å². The molecule has 0 bridgehead atoms. The summed E-state index contributed by atoms with van der Waals surface area (Å²) in [6.45, 7) is 3.33. The smallest absolute Gasteiger partial charge is 0.0933 e. The molecule has 6 nitrogen and oxygen atoms in total. The van der Waals surface area contributed by atoms with Crippen molar-refractivity contribution >= 4 is 17.1 Å². The first kappa shape index (κ1) is 22.7. The zero-order valence-corrected chi connectivity index (χ0v) is 23.2. The number of hydrogen-bond acceptors (Lipinski definition) is 6. The van der Waals surface area contributed by atoms with Gasteiger partial charge in [0, 0.05) is 47.5 Å². The lowest BCUT2D eigenvalue weighted by atomic mass is 9.54. The largest absolute Gasteiger partial charge is 0.369 e. The number of anilines is 3. The molecule has 3 saturated heterocycles. The van der Waals surface area contributed by atoms with Crippen molar-refractivity contribution in [3.8, 4) is 0 Å². The normalized spacial score (nSPS) is 37.9. The lowest BCUT2D eigenvalue weighted by Gasteiger charge is -2.48. The van der Waals surface area contributed by atoms with Gasteiger partial charge >= 0.3 is 0 Å². The fourth-order valence-electron chi connectivity index (χ4n) is 10.3. The van der Waals surface area contributed by atoms with Crippen molar-refractivity contribution in [1.29, 1.82) is 0 Å². The second-order valence-corrected chi connectivity index (χ2v) is 13.1. The number of para-hydroxylation sites is 3. The minimum atomic E-state index is -0.0581. The number of hydrogen-bond donors (Lipinski definition) is 3. The van der Waals surface area contributed by atoms with E-state index in [9.17, 15) is 0 Å². The molecule has 6 atom stereocenters. The molecule has 200 valence electrons. The van der Waals surface area contributed by atoms with Crippen molar-refractivity contribution in [3.63, 3.8) is 0 Å². The molecule has 6 aliphatic heterocycles. The van der Waals surface area contributed by atoms with Crippen LogP contribution >= 0.6 is 0 Å². The maximum atomic E-state index is 4.25. The molecule has 39 heavy (non-hydrogen) atoms. The molecule has 0 aromatic heterocycles. The van der Waals surface area contributed by atoms with E-state index in [1.165, 1.54) is 46.6 Å². The summed E-state index contributed by atoms with van der Waals surface area (Å²) in [5.41, 5.74) is 9.96. The van der Waals surface area contributed by atoms with E-state index in [4.69, 9.17) is 0 Å². The van der Waals surface area contributed by atoms with E-state index in [1.54, 1.807) is 5.56 Å². The number of nitrogens with one attached hydrogen (secondary N) is 3. The molecule has 0 radical (unpaired) electrons. The van der Waals surface area contributed by atoms with E-state index >= 15 is 0 Å². The minimum absolute atomic E-state index is 0.00961. The minimum Gasteiger partial charge on any atom is -0.369 e. The maximum Gasteiger partial charge on any atom is 0.0933 e. The van der Waals surface area contributed by atoms with Gasteiger partial charge in [0.15, 0.2) is 0 Å². The van der Waals surface area contributed by atoms with Crippen LogP contribution in [0.1, 0.15) is 41.5 Å². The van der Waals surface area contributed by atoms with Crippen LogP contribution in [0.4, 0.5) is 17.1 Å². The van der Waals surface area contributed by atoms with E-state index in [2.05, 4.69) is 119 Å². The molecule has 1 unspecified atom stereocenters. The van der Waals surface area contributed by atoms with E-state index < -0.39 is 0 Å². The predicted molar refractivity (Wildman–Crippen MR) is 157 cm³/mol. The Morgan fingerprint density at radius 1 is 0.538 bits per heavy atom. The van der Waals surface area contributed by atoms with Gasteiger partial charge in [0.25, 0.3) is 0 Å². The van der Waals surface area contributed by atoms with Crippen LogP contribution in [0.5, 0.6) is 0 Å². The van der Waals surface area contributed by atoms with Gasteiger partial charge in [-0.25, -0.2) is 0 Å². The van der Waals surface area contributed by atoms with Crippen molar-refractivity contribution in [3.05, 3.63) is 89.0 Å². The van der Waals surface area contributed by atoms with Crippen molar-refractivity contribution in [2.75, 3.05) is 56.7 Å². The Morgan fingerprint density at radius 3 is 1.82 bits per heavy atom. The lowest BCUT2D eigenvalue weighted by molar-refractivity contribution is 0.147. The highest BCUT2D eigenvalue weighted by molar-refractivity contribution is 5.78. The fraction of sp³-hybridized carbons (Fsp3) is 0.455. The maximum absolute atomic E-state index is 4.25. The Balaban J connectivity index is 1.31. The Morgan fingerprint density at radius 2 is 1.05 bits per heavy atom. The Bertz CT molecular complexity index is 1520. The number of fused-ring (bicyclic) bond motifs is 10. The Hall–Kier alpha value is -3.06. The standard InChI is InChI=1S/C33H38N6/c1-37-18-15-31(21-9-4-6-13-25(21)34-28(31)37)23-11-8-12-24-27(23)36-30-33(24,17-20-39(30)3)32-16-19-38(2)29(32)35-26-14-7-5-10-22(26)32/h4-14,28-30,34-36H,15-20H2,1-3H3/t28-,29+,30-,31-,32-,33?/m1/s1. The summed E-state index contributed by atoms with van der Waals surface area (Å²) >= 11 is 0. The molecule has 0 aliphatic carbocycles. The van der Waals surface area contributed by atoms with E-state index in [1.807, 2.05) is 0 Å². The summed E-state index contributed by atoms with van der Waals surface area (Å²) in [5.74, 6) is 0. The highest BCUT2D eigenvalue weighted by Gasteiger charge is 2.71. The number of likely N-dealkylation sites (tertiary alicyclic amines) is 3. The predicted octanol–water partition coefficient (Wildman–Crippen LogP) is 4.41. The van der Waals surface area contributed by atoms with Crippen LogP contribution in [-0.4, -0.2) is 74.0 Å². The Kier molecular flexibility index (Phi) is 4.29. The van der Waals surface area contributed by atoms with Gasteiger partial charge in [0.2, 0.25) is 0 Å². The Labute approximate surface area is 231 Å². The third-order valence-electron chi connectivity index (χ3n) is 11.8. The summed E-state index contributed by atoms with van der Waals surface area (Å²) < 4.78 is 0. The molecule has 0 saturated carbocycles. The van der Waals surface area contributed by atoms with Gasteiger partial charge in [0.1, 0.15) is 0 Å². The highest BCUT2D eigenvalue weighted by atomic mass is 15.4. The van der Waals surface area contributed by atoms with Crippen molar-refractivity contribution in [2.24, 2.45) is 0 Å². The van der Waals surface area contributed by atoms with Gasteiger partial charge in [-0.15, -0.1) is 0 Å². The molecule has 3 N–H and O–H groups in total.